The van der Waals surface area contributed by atoms with Crippen LogP contribution < -0.4 is 11.3 Å². The molecule has 0 fully saturated rings. The fourth-order valence-corrected chi connectivity index (χ4v) is 2.77. The molecule has 0 amide bonds. The molecule has 1 aromatic carbocycles. The van der Waals surface area contributed by atoms with Crippen LogP contribution in [0.15, 0.2) is 42.2 Å². The third kappa shape index (κ3) is 2.37. The van der Waals surface area contributed by atoms with Crippen molar-refractivity contribution in [3.8, 4) is 0 Å². The van der Waals surface area contributed by atoms with Gasteiger partial charge in [0.1, 0.15) is 0 Å². The van der Waals surface area contributed by atoms with Crippen molar-refractivity contribution in [2.45, 2.75) is 31.7 Å². The molecule has 3 N–H and O–H groups in total. The number of hydrazine groups is 1. The number of para-hydroxylation sites is 1. The molecule has 0 spiro atoms. The van der Waals surface area contributed by atoms with Gasteiger partial charge in [-0.2, -0.15) is 0 Å². The quantitative estimate of drug-likeness (QED) is 0.502. The lowest BCUT2D eigenvalue weighted by molar-refractivity contribution is 0.568. The number of nitrogens with zero attached hydrogens (tertiary/aromatic N) is 2. The van der Waals surface area contributed by atoms with E-state index in [9.17, 15) is 0 Å². The maximum absolute atomic E-state index is 5.79. The summed E-state index contributed by atoms with van der Waals surface area (Å²) in [4.78, 5) is 8.81. The van der Waals surface area contributed by atoms with E-state index in [-0.39, 0.29) is 6.04 Å². The first-order valence-corrected chi connectivity index (χ1v) is 6.75. The van der Waals surface area contributed by atoms with E-state index in [0.29, 0.717) is 0 Å². The molecule has 0 saturated carbocycles. The second-order valence-electron chi connectivity index (χ2n) is 4.90. The number of fused-ring (bicyclic) bond motifs is 1. The smallest absolute Gasteiger partial charge is 0.0938 e. The van der Waals surface area contributed by atoms with Crippen LogP contribution in [0, 0.1) is 0 Å². The summed E-state index contributed by atoms with van der Waals surface area (Å²) in [6.07, 6.45) is 10.5. The Kier molecular flexibility index (Phi) is 3.53. The average Bonchev–Trinajstić information content (AvgIpc) is 2.49. The van der Waals surface area contributed by atoms with Gasteiger partial charge in [-0.05, 0) is 31.7 Å². The third-order valence-electron chi connectivity index (χ3n) is 3.70. The first kappa shape index (κ1) is 12.3. The van der Waals surface area contributed by atoms with Crippen LogP contribution in [0.4, 0.5) is 0 Å². The van der Waals surface area contributed by atoms with Crippen molar-refractivity contribution in [2.75, 3.05) is 0 Å². The number of nitrogens with one attached hydrogen (secondary N) is 1. The van der Waals surface area contributed by atoms with E-state index in [1.165, 1.54) is 18.4 Å². The van der Waals surface area contributed by atoms with E-state index in [1.807, 2.05) is 12.1 Å². The van der Waals surface area contributed by atoms with E-state index >= 15 is 0 Å². The average molecular weight is 254 g/mol. The lowest BCUT2D eigenvalue weighted by Crippen LogP contribution is -2.30. The molecule has 1 heterocycles. The Morgan fingerprint density at radius 2 is 2.05 bits per heavy atom. The maximum atomic E-state index is 5.79. The van der Waals surface area contributed by atoms with Crippen molar-refractivity contribution >= 4 is 11.0 Å². The molecule has 2 aromatic rings. The molecule has 1 aromatic heterocycles. The maximum Gasteiger partial charge on any atom is 0.0938 e. The molecule has 1 unspecified atom stereocenters. The number of benzene rings is 1. The van der Waals surface area contributed by atoms with Gasteiger partial charge in [0.25, 0.3) is 0 Å². The first-order chi connectivity index (χ1) is 9.40. The van der Waals surface area contributed by atoms with Gasteiger partial charge in [-0.1, -0.05) is 23.8 Å². The Hall–Kier alpha value is -1.78. The zero-order valence-electron chi connectivity index (χ0n) is 10.8. The molecule has 0 saturated heterocycles. The number of rotatable bonds is 3. The standard InChI is InChI=1S/C15H18N4/c16-19-14(11-5-2-1-3-6-11)12-7-4-8-13-15(12)18-10-9-17-13/h4-5,7-10,14,19H,1-3,6,16H2. The van der Waals surface area contributed by atoms with E-state index in [1.54, 1.807) is 12.4 Å². The topological polar surface area (TPSA) is 63.8 Å². The highest BCUT2D eigenvalue weighted by atomic mass is 15.2. The van der Waals surface area contributed by atoms with Crippen molar-refractivity contribution in [3.63, 3.8) is 0 Å². The molecule has 98 valence electrons. The fourth-order valence-electron chi connectivity index (χ4n) is 2.77. The Bertz CT molecular complexity index is 601. The molecule has 4 heteroatoms. The van der Waals surface area contributed by atoms with Gasteiger partial charge in [0.05, 0.1) is 17.1 Å². The SMILES string of the molecule is NNC(C1=CCCCC1)c1cccc2nccnc12. The molecule has 0 aliphatic heterocycles. The van der Waals surface area contributed by atoms with Crippen LogP contribution in [0.3, 0.4) is 0 Å². The molecule has 4 nitrogen and oxygen atoms in total. The summed E-state index contributed by atoms with van der Waals surface area (Å²) in [5, 5.41) is 0. The summed E-state index contributed by atoms with van der Waals surface area (Å²) in [6, 6.07) is 6.12. The minimum absolute atomic E-state index is 0.0423. The number of nitrogens with two attached hydrogens (primary N) is 1. The zero-order valence-corrected chi connectivity index (χ0v) is 10.8. The van der Waals surface area contributed by atoms with Gasteiger partial charge in [-0.3, -0.25) is 15.8 Å². The van der Waals surface area contributed by atoms with Crippen molar-refractivity contribution < 1.29 is 0 Å². The van der Waals surface area contributed by atoms with Crippen molar-refractivity contribution in [3.05, 3.63) is 47.8 Å². The summed E-state index contributed by atoms with van der Waals surface area (Å²) in [6.45, 7) is 0. The van der Waals surface area contributed by atoms with Crippen molar-refractivity contribution in [2.24, 2.45) is 5.84 Å². The monoisotopic (exact) mass is 254 g/mol. The minimum atomic E-state index is 0.0423. The van der Waals surface area contributed by atoms with Crippen LogP contribution in [-0.4, -0.2) is 9.97 Å². The number of allylic oxidation sites excluding steroid dienone is 1. The second kappa shape index (κ2) is 5.47. The molecule has 1 atom stereocenters. The Morgan fingerprint density at radius 3 is 2.84 bits per heavy atom. The molecule has 1 aliphatic carbocycles. The minimum Gasteiger partial charge on any atom is -0.271 e. The highest BCUT2D eigenvalue weighted by Crippen LogP contribution is 2.31. The molecular formula is C15H18N4. The first-order valence-electron chi connectivity index (χ1n) is 6.75. The summed E-state index contributed by atoms with van der Waals surface area (Å²) in [7, 11) is 0. The van der Waals surface area contributed by atoms with E-state index < -0.39 is 0 Å². The van der Waals surface area contributed by atoms with Gasteiger partial charge < -0.3 is 0 Å². The Labute approximate surface area is 112 Å². The van der Waals surface area contributed by atoms with Gasteiger partial charge in [0.15, 0.2) is 0 Å². The molecule has 0 radical (unpaired) electrons. The highest BCUT2D eigenvalue weighted by Gasteiger charge is 2.19. The van der Waals surface area contributed by atoms with Gasteiger partial charge in [-0.25, -0.2) is 5.43 Å². The van der Waals surface area contributed by atoms with E-state index in [4.69, 9.17) is 5.84 Å². The number of hydrogen-bond donors (Lipinski definition) is 2. The lowest BCUT2D eigenvalue weighted by atomic mass is 9.89. The van der Waals surface area contributed by atoms with Crippen LogP contribution in [0.2, 0.25) is 0 Å². The van der Waals surface area contributed by atoms with Gasteiger partial charge in [0, 0.05) is 18.0 Å². The van der Waals surface area contributed by atoms with E-state index in [0.717, 1.165) is 29.4 Å². The zero-order chi connectivity index (χ0) is 13.1. The molecule has 19 heavy (non-hydrogen) atoms. The van der Waals surface area contributed by atoms with Gasteiger partial charge >= 0.3 is 0 Å². The van der Waals surface area contributed by atoms with Gasteiger partial charge in [-0.15, -0.1) is 0 Å². The largest absolute Gasteiger partial charge is 0.271 e. The molecule has 3 rings (SSSR count). The predicted molar refractivity (Wildman–Crippen MR) is 76.2 cm³/mol. The number of aromatic nitrogens is 2. The second-order valence-corrected chi connectivity index (χ2v) is 4.90. The fraction of sp³-hybridized carbons (Fsp3) is 0.333. The van der Waals surface area contributed by atoms with E-state index in [2.05, 4.69) is 27.5 Å². The molecule has 1 aliphatic rings. The lowest BCUT2D eigenvalue weighted by Gasteiger charge is -2.23. The number of hydrogen-bond acceptors (Lipinski definition) is 4. The highest BCUT2D eigenvalue weighted by molar-refractivity contribution is 5.78. The van der Waals surface area contributed by atoms with Crippen LogP contribution in [0.5, 0.6) is 0 Å². The van der Waals surface area contributed by atoms with Crippen molar-refractivity contribution in [1.29, 1.82) is 0 Å². The predicted octanol–water partition coefficient (Wildman–Crippen LogP) is 2.63. The summed E-state index contributed by atoms with van der Waals surface area (Å²) < 4.78 is 0. The van der Waals surface area contributed by atoms with Gasteiger partial charge in [0.2, 0.25) is 0 Å². The summed E-state index contributed by atoms with van der Waals surface area (Å²) in [5.41, 5.74) is 7.27. The summed E-state index contributed by atoms with van der Waals surface area (Å²) >= 11 is 0. The summed E-state index contributed by atoms with van der Waals surface area (Å²) in [5.74, 6) is 5.79. The van der Waals surface area contributed by atoms with Crippen LogP contribution in [0.1, 0.15) is 37.3 Å². The van der Waals surface area contributed by atoms with Crippen LogP contribution in [0.25, 0.3) is 11.0 Å². The third-order valence-corrected chi connectivity index (χ3v) is 3.70. The molecular weight excluding hydrogens is 236 g/mol. The van der Waals surface area contributed by atoms with Crippen molar-refractivity contribution in [1.82, 2.24) is 15.4 Å². The normalized spacial score (nSPS) is 17.2. The van der Waals surface area contributed by atoms with Crippen LogP contribution in [-0.2, 0) is 0 Å². The Morgan fingerprint density at radius 1 is 1.16 bits per heavy atom. The molecule has 0 bridgehead atoms. The Balaban J connectivity index is 2.08. The van der Waals surface area contributed by atoms with Crippen LogP contribution >= 0.6 is 0 Å².